The van der Waals surface area contributed by atoms with E-state index in [2.05, 4.69) is 72.2 Å². The van der Waals surface area contributed by atoms with Crippen molar-refractivity contribution in [3.63, 3.8) is 0 Å². The van der Waals surface area contributed by atoms with Gasteiger partial charge in [0.2, 0.25) is 0 Å². The molecule has 0 fully saturated rings. The van der Waals surface area contributed by atoms with E-state index >= 15 is 0 Å². The average molecular weight is 543 g/mol. The summed E-state index contributed by atoms with van der Waals surface area (Å²) in [6, 6.07) is 41.6. The number of fused-ring (bicyclic) bond motifs is 4. The molecule has 5 heteroatoms. The average Bonchev–Trinajstić information content (AvgIpc) is 3.52. The minimum Gasteiger partial charge on any atom is -0.461 e. The lowest BCUT2D eigenvalue weighted by Crippen LogP contribution is -2.01. The molecule has 8 rings (SSSR count). The molecule has 0 unspecified atom stereocenters. The predicted octanol–water partition coefficient (Wildman–Crippen LogP) is 9.33. The highest BCUT2D eigenvalue weighted by molar-refractivity contribution is 6.13. The van der Waals surface area contributed by atoms with E-state index in [-0.39, 0.29) is 0 Å². The summed E-state index contributed by atoms with van der Waals surface area (Å²) in [5, 5.41) is 3.48. The quantitative estimate of drug-likeness (QED) is 0.222. The molecule has 42 heavy (non-hydrogen) atoms. The molecule has 3 heterocycles. The molecule has 0 bridgehead atoms. The van der Waals surface area contributed by atoms with Crippen molar-refractivity contribution in [2.24, 2.45) is 0 Å². The molecule has 0 aliphatic heterocycles. The van der Waals surface area contributed by atoms with E-state index in [0.29, 0.717) is 17.5 Å². The SMILES string of the molecule is Cc1oc2cc3c4ccccc4n(-c4cccc(-c5nc(-c6ccccc6)nc(-c6ccccc6)n5)c4)c3cc2c1C. The van der Waals surface area contributed by atoms with Crippen LogP contribution in [0.15, 0.2) is 126 Å². The fraction of sp³-hybridized carbons (Fsp3) is 0.0541. The Kier molecular flexibility index (Phi) is 5.50. The number of furan rings is 1. The summed E-state index contributed by atoms with van der Waals surface area (Å²) in [5.41, 5.74) is 8.22. The summed E-state index contributed by atoms with van der Waals surface area (Å²) < 4.78 is 8.44. The Morgan fingerprint density at radius 2 is 1.10 bits per heavy atom. The first-order valence-corrected chi connectivity index (χ1v) is 14.0. The molecule has 0 N–H and O–H groups in total. The van der Waals surface area contributed by atoms with Crippen LogP contribution < -0.4 is 0 Å². The van der Waals surface area contributed by atoms with Crippen molar-refractivity contribution in [3.05, 3.63) is 133 Å². The first kappa shape index (κ1) is 24.3. The molecule has 0 spiro atoms. The molecule has 200 valence electrons. The first-order chi connectivity index (χ1) is 20.6. The zero-order valence-electron chi connectivity index (χ0n) is 23.2. The number of rotatable bonds is 4. The summed E-state index contributed by atoms with van der Waals surface area (Å²) in [7, 11) is 0. The van der Waals surface area contributed by atoms with Crippen molar-refractivity contribution < 1.29 is 4.42 Å². The molecule has 0 saturated carbocycles. The van der Waals surface area contributed by atoms with E-state index in [9.17, 15) is 0 Å². The highest BCUT2D eigenvalue weighted by Crippen LogP contribution is 2.37. The van der Waals surface area contributed by atoms with Crippen molar-refractivity contribution in [1.29, 1.82) is 0 Å². The van der Waals surface area contributed by atoms with E-state index in [0.717, 1.165) is 55.5 Å². The van der Waals surface area contributed by atoms with E-state index < -0.39 is 0 Å². The van der Waals surface area contributed by atoms with Crippen LogP contribution in [0.4, 0.5) is 0 Å². The normalized spacial score (nSPS) is 11.6. The number of aromatic nitrogens is 4. The van der Waals surface area contributed by atoms with Crippen molar-refractivity contribution in [2.45, 2.75) is 13.8 Å². The highest BCUT2D eigenvalue weighted by atomic mass is 16.3. The summed E-state index contributed by atoms with van der Waals surface area (Å²) in [6.07, 6.45) is 0. The van der Waals surface area contributed by atoms with Crippen molar-refractivity contribution >= 4 is 32.8 Å². The minimum atomic E-state index is 0.633. The molecule has 0 atom stereocenters. The van der Waals surface area contributed by atoms with Crippen LogP contribution >= 0.6 is 0 Å². The highest BCUT2D eigenvalue weighted by Gasteiger charge is 2.18. The van der Waals surface area contributed by atoms with Gasteiger partial charge in [-0.05, 0) is 49.7 Å². The predicted molar refractivity (Wildman–Crippen MR) is 170 cm³/mol. The Morgan fingerprint density at radius 1 is 0.500 bits per heavy atom. The Morgan fingerprint density at radius 3 is 1.79 bits per heavy atom. The van der Waals surface area contributed by atoms with Gasteiger partial charge in [0.05, 0.1) is 11.0 Å². The van der Waals surface area contributed by atoms with E-state index in [1.807, 2.05) is 67.6 Å². The second kappa shape index (κ2) is 9.53. The first-order valence-electron chi connectivity index (χ1n) is 14.0. The number of para-hydroxylation sites is 1. The van der Waals surface area contributed by atoms with Gasteiger partial charge in [0.25, 0.3) is 0 Å². The second-order valence-electron chi connectivity index (χ2n) is 10.6. The molecule has 8 aromatic rings. The smallest absolute Gasteiger partial charge is 0.164 e. The van der Waals surface area contributed by atoms with E-state index in [1.54, 1.807) is 0 Å². The second-order valence-corrected chi connectivity index (χ2v) is 10.6. The monoisotopic (exact) mass is 542 g/mol. The lowest BCUT2D eigenvalue weighted by Gasteiger charge is -2.11. The van der Waals surface area contributed by atoms with Crippen LogP contribution in [0.1, 0.15) is 11.3 Å². The van der Waals surface area contributed by atoms with Crippen LogP contribution in [0.3, 0.4) is 0 Å². The molecule has 5 nitrogen and oxygen atoms in total. The van der Waals surface area contributed by atoms with Crippen molar-refractivity contribution in [3.8, 4) is 39.9 Å². The van der Waals surface area contributed by atoms with Crippen molar-refractivity contribution in [1.82, 2.24) is 19.5 Å². The third kappa shape index (κ3) is 3.90. The molecule has 0 aliphatic carbocycles. The number of aryl methyl sites for hydroxylation is 2. The molecule has 0 saturated heterocycles. The molecule has 0 amide bonds. The number of nitrogens with zero attached hydrogens (tertiary/aromatic N) is 4. The summed E-state index contributed by atoms with van der Waals surface area (Å²) in [6.45, 7) is 4.15. The Bertz CT molecular complexity index is 2210. The van der Waals surface area contributed by atoms with E-state index in [4.69, 9.17) is 19.4 Å². The molecule has 3 aromatic heterocycles. The molecule has 0 radical (unpaired) electrons. The van der Waals surface area contributed by atoms with Gasteiger partial charge in [0, 0.05) is 38.5 Å². The maximum absolute atomic E-state index is 6.11. The van der Waals surface area contributed by atoms with Crippen LogP contribution in [-0.4, -0.2) is 19.5 Å². The molecular formula is C37H26N4O. The zero-order valence-corrected chi connectivity index (χ0v) is 23.2. The minimum absolute atomic E-state index is 0.633. The van der Waals surface area contributed by atoms with Crippen LogP contribution in [0, 0.1) is 13.8 Å². The van der Waals surface area contributed by atoms with Gasteiger partial charge >= 0.3 is 0 Å². The van der Waals surface area contributed by atoms with Crippen LogP contribution in [0.25, 0.3) is 72.6 Å². The van der Waals surface area contributed by atoms with E-state index in [1.165, 1.54) is 10.9 Å². The Hall–Kier alpha value is -5.55. The molecule has 5 aromatic carbocycles. The topological polar surface area (TPSA) is 56.7 Å². The van der Waals surface area contributed by atoms with Gasteiger partial charge in [-0.1, -0.05) is 91.0 Å². The summed E-state index contributed by atoms with van der Waals surface area (Å²) in [5.74, 6) is 2.88. The Labute approximate surface area is 242 Å². The number of benzene rings is 5. The van der Waals surface area contributed by atoms with Gasteiger partial charge in [0.1, 0.15) is 11.3 Å². The molecule has 0 aliphatic rings. The Balaban J connectivity index is 1.36. The van der Waals surface area contributed by atoms with Crippen LogP contribution in [-0.2, 0) is 0 Å². The van der Waals surface area contributed by atoms with Gasteiger partial charge in [-0.3, -0.25) is 0 Å². The third-order valence-corrected chi connectivity index (χ3v) is 8.03. The third-order valence-electron chi connectivity index (χ3n) is 8.03. The largest absolute Gasteiger partial charge is 0.461 e. The fourth-order valence-electron chi connectivity index (χ4n) is 5.80. The van der Waals surface area contributed by atoms with Gasteiger partial charge in [-0.2, -0.15) is 0 Å². The maximum Gasteiger partial charge on any atom is 0.164 e. The number of hydrogen-bond donors (Lipinski definition) is 0. The zero-order chi connectivity index (χ0) is 28.2. The van der Waals surface area contributed by atoms with Crippen LogP contribution in [0.5, 0.6) is 0 Å². The van der Waals surface area contributed by atoms with Gasteiger partial charge in [0.15, 0.2) is 17.5 Å². The molecular weight excluding hydrogens is 516 g/mol. The van der Waals surface area contributed by atoms with Crippen LogP contribution in [0.2, 0.25) is 0 Å². The standard InChI is InChI=1S/C37H26N4O/c1-23-24(2)42-34-22-31-29-18-9-10-19-32(29)41(33(31)21-30(23)34)28-17-11-16-27(20-28)37-39-35(25-12-5-3-6-13-25)38-36(40-37)26-14-7-4-8-15-26/h3-22H,1-2H3. The van der Waals surface area contributed by atoms with Crippen molar-refractivity contribution in [2.75, 3.05) is 0 Å². The fourth-order valence-corrected chi connectivity index (χ4v) is 5.80. The lowest BCUT2D eigenvalue weighted by atomic mass is 10.1. The van der Waals surface area contributed by atoms with Gasteiger partial charge in [-0.25, -0.2) is 15.0 Å². The number of hydrogen-bond acceptors (Lipinski definition) is 4. The van der Waals surface area contributed by atoms with Gasteiger partial charge in [-0.15, -0.1) is 0 Å². The maximum atomic E-state index is 6.11. The lowest BCUT2D eigenvalue weighted by molar-refractivity contribution is 0.575. The van der Waals surface area contributed by atoms with Gasteiger partial charge < -0.3 is 8.98 Å². The summed E-state index contributed by atoms with van der Waals surface area (Å²) in [4.78, 5) is 14.8. The summed E-state index contributed by atoms with van der Waals surface area (Å²) >= 11 is 0.